The zero-order valence-electron chi connectivity index (χ0n) is 19.3. The molecule has 0 aliphatic rings. The molecule has 0 aliphatic carbocycles. The van der Waals surface area contributed by atoms with Crippen LogP contribution in [-0.2, 0) is 9.59 Å². The van der Waals surface area contributed by atoms with Gasteiger partial charge in [0.05, 0.1) is 0 Å². The van der Waals surface area contributed by atoms with E-state index in [4.69, 9.17) is 11.6 Å². The van der Waals surface area contributed by atoms with Gasteiger partial charge in [-0.05, 0) is 59.9 Å². The van der Waals surface area contributed by atoms with Crippen LogP contribution in [0.25, 0.3) is 0 Å². The predicted molar refractivity (Wildman–Crippen MR) is 139 cm³/mol. The number of aryl methyl sites for hydroxylation is 1. The number of thioether (sulfide) groups is 1. The van der Waals surface area contributed by atoms with Crippen molar-refractivity contribution in [1.82, 2.24) is 0 Å². The number of carbonyl (C=O) groups excluding carboxylic acids is 2. The van der Waals surface area contributed by atoms with Gasteiger partial charge in [-0.25, -0.2) is 0 Å². The average Bonchev–Trinajstić information content (AvgIpc) is 2.75. The molecule has 0 fully saturated rings. The minimum Gasteiger partial charge on any atom is -0.326 e. The third kappa shape index (κ3) is 7.65. The van der Waals surface area contributed by atoms with E-state index in [0.717, 1.165) is 21.7 Å². The first kappa shape index (κ1) is 24.9. The van der Waals surface area contributed by atoms with Crippen molar-refractivity contribution in [2.45, 2.75) is 44.3 Å². The number of hydrogen-bond donors (Lipinski definition) is 2. The van der Waals surface area contributed by atoms with E-state index < -0.39 is 5.25 Å². The minimum absolute atomic E-state index is 0.0128. The fraction of sp³-hybridized carbons (Fsp3) is 0.259. The summed E-state index contributed by atoms with van der Waals surface area (Å²) in [4.78, 5) is 26.4. The molecule has 0 heterocycles. The van der Waals surface area contributed by atoms with Gasteiger partial charge in [-0.3, -0.25) is 9.59 Å². The van der Waals surface area contributed by atoms with Crippen LogP contribution in [0.3, 0.4) is 0 Å². The number of halogens is 1. The summed E-state index contributed by atoms with van der Waals surface area (Å²) in [7, 11) is 0. The van der Waals surface area contributed by atoms with Gasteiger partial charge in [0.1, 0.15) is 5.25 Å². The molecule has 33 heavy (non-hydrogen) atoms. The van der Waals surface area contributed by atoms with Crippen LogP contribution in [0.2, 0.25) is 5.02 Å². The summed E-state index contributed by atoms with van der Waals surface area (Å²) in [6.45, 7) is 8.02. The summed E-state index contributed by atoms with van der Waals surface area (Å²) in [6, 6.07) is 22.7. The fourth-order valence-corrected chi connectivity index (χ4v) is 4.42. The molecule has 3 aromatic carbocycles. The number of anilines is 2. The fourth-order valence-electron chi connectivity index (χ4n) is 3.22. The highest BCUT2D eigenvalue weighted by Gasteiger charge is 2.22. The van der Waals surface area contributed by atoms with Gasteiger partial charge in [0.15, 0.2) is 0 Å². The van der Waals surface area contributed by atoms with E-state index in [9.17, 15) is 9.59 Å². The van der Waals surface area contributed by atoms with E-state index in [1.54, 1.807) is 6.07 Å². The van der Waals surface area contributed by atoms with Crippen molar-refractivity contribution in [2.24, 2.45) is 5.41 Å². The third-order valence-electron chi connectivity index (χ3n) is 4.86. The van der Waals surface area contributed by atoms with Crippen molar-refractivity contribution in [3.8, 4) is 0 Å². The molecule has 0 aromatic heterocycles. The van der Waals surface area contributed by atoms with Gasteiger partial charge in [-0.2, -0.15) is 0 Å². The first-order chi connectivity index (χ1) is 15.6. The number of benzene rings is 3. The highest BCUT2D eigenvalue weighted by atomic mass is 35.5. The number of carbonyl (C=O) groups is 2. The van der Waals surface area contributed by atoms with Crippen LogP contribution in [0.5, 0.6) is 0 Å². The van der Waals surface area contributed by atoms with E-state index in [1.165, 1.54) is 11.8 Å². The van der Waals surface area contributed by atoms with Gasteiger partial charge in [0.25, 0.3) is 0 Å². The molecule has 172 valence electrons. The van der Waals surface area contributed by atoms with Crippen LogP contribution in [0, 0.1) is 12.3 Å². The van der Waals surface area contributed by atoms with Crippen LogP contribution >= 0.6 is 23.4 Å². The van der Waals surface area contributed by atoms with E-state index in [-0.39, 0.29) is 17.2 Å². The average molecular weight is 481 g/mol. The van der Waals surface area contributed by atoms with Gasteiger partial charge in [-0.1, -0.05) is 68.8 Å². The van der Waals surface area contributed by atoms with Crippen molar-refractivity contribution in [3.05, 3.63) is 88.9 Å². The summed E-state index contributed by atoms with van der Waals surface area (Å²) in [5.41, 5.74) is 3.19. The molecule has 4 nitrogen and oxygen atoms in total. The lowest BCUT2D eigenvalue weighted by atomic mass is 9.92. The number of nitrogens with one attached hydrogen (secondary N) is 2. The van der Waals surface area contributed by atoms with Crippen molar-refractivity contribution in [2.75, 3.05) is 10.6 Å². The Morgan fingerprint density at radius 3 is 2.15 bits per heavy atom. The summed E-state index contributed by atoms with van der Waals surface area (Å²) in [5.74, 6) is -0.144. The van der Waals surface area contributed by atoms with Crippen LogP contribution < -0.4 is 10.6 Å². The summed E-state index contributed by atoms with van der Waals surface area (Å²) < 4.78 is 0. The smallest absolute Gasteiger partial charge is 0.242 e. The normalized spacial score (nSPS) is 12.2. The standard InChI is InChI=1S/C27H29ClN2O2S/c1-18-10-11-21(16-23(18)28)30-26(32)25(19-8-6-5-7-9-19)33-22-14-12-20(13-15-22)29-24(31)17-27(2,3)4/h5-16,25H,17H2,1-4H3,(H,29,31)(H,30,32). The molecule has 0 saturated carbocycles. The second-order valence-electron chi connectivity index (χ2n) is 9.17. The summed E-state index contributed by atoms with van der Waals surface area (Å²) in [5, 5.41) is 6.08. The number of hydrogen-bond acceptors (Lipinski definition) is 3. The molecule has 2 N–H and O–H groups in total. The number of amides is 2. The van der Waals surface area contributed by atoms with E-state index in [2.05, 4.69) is 10.6 Å². The van der Waals surface area contributed by atoms with Gasteiger partial charge < -0.3 is 10.6 Å². The molecule has 6 heteroatoms. The highest BCUT2D eigenvalue weighted by molar-refractivity contribution is 8.00. The Bertz CT molecular complexity index is 1110. The Morgan fingerprint density at radius 1 is 0.909 bits per heavy atom. The van der Waals surface area contributed by atoms with Crippen molar-refractivity contribution >= 4 is 46.6 Å². The van der Waals surface area contributed by atoms with Crippen LogP contribution in [0.4, 0.5) is 11.4 Å². The summed E-state index contributed by atoms with van der Waals surface area (Å²) in [6.07, 6.45) is 0.447. The minimum atomic E-state index is -0.451. The SMILES string of the molecule is Cc1ccc(NC(=O)C(Sc2ccc(NC(=O)CC(C)(C)C)cc2)c2ccccc2)cc1Cl. The van der Waals surface area contributed by atoms with Crippen molar-refractivity contribution < 1.29 is 9.59 Å². The van der Waals surface area contributed by atoms with Gasteiger partial charge in [0.2, 0.25) is 11.8 Å². The zero-order chi connectivity index (χ0) is 24.0. The van der Waals surface area contributed by atoms with E-state index in [0.29, 0.717) is 17.1 Å². The largest absolute Gasteiger partial charge is 0.326 e. The molecule has 2 amide bonds. The Morgan fingerprint density at radius 2 is 1.55 bits per heavy atom. The molecule has 0 saturated heterocycles. The lowest BCUT2D eigenvalue weighted by molar-refractivity contribution is -0.118. The van der Waals surface area contributed by atoms with Gasteiger partial charge in [-0.15, -0.1) is 11.8 Å². The monoisotopic (exact) mass is 480 g/mol. The molecule has 0 bridgehead atoms. The number of rotatable bonds is 7. The molecule has 0 spiro atoms. The topological polar surface area (TPSA) is 58.2 Å². The molecule has 1 unspecified atom stereocenters. The van der Waals surface area contributed by atoms with Gasteiger partial charge >= 0.3 is 0 Å². The predicted octanol–water partition coefficient (Wildman–Crippen LogP) is 7.50. The first-order valence-electron chi connectivity index (χ1n) is 10.8. The molecule has 3 aromatic rings. The second kappa shape index (κ2) is 10.9. The maximum Gasteiger partial charge on any atom is 0.242 e. The third-order valence-corrected chi connectivity index (χ3v) is 6.54. The molecule has 0 aliphatic heterocycles. The zero-order valence-corrected chi connectivity index (χ0v) is 20.9. The van der Waals surface area contributed by atoms with Crippen LogP contribution in [-0.4, -0.2) is 11.8 Å². The Kier molecular flexibility index (Phi) is 8.22. The maximum atomic E-state index is 13.2. The second-order valence-corrected chi connectivity index (χ2v) is 10.8. The van der Waals surface area contributed by atoms with E-state index in [1.807, 2.05) is 94.4 Å². The molecular weight excluding hydrogens is 452 g/mol. The van der Waals surface area contributed by atoms with Gasteiger partial charge in [0, 0.05) is 27.7 Å². The van der Waals surface area contributed by atoms with E-state index >= 15 is 0 Å². The molecular formula is C27H29ClN2O2S. The Hall–Kier alpha value is -2.76. The Balaban J connectivity index is 1.75. The van der Waals surface area contributed by atoms with Crippen molar-refractivity contribution in [3.63, 3.8) is 0 Å². The molecule has 0 radical (unpaired) electrons. The molecule has 1 atom stereocenters. The summed E-state index contributed by atoms with van der Waals surface area (Å²) >= 11 is 7.68. The first-order valence-corrected chi connectivity index (χ1v) is 12.0. The lowest BCUT2D eigenvalue weighted by Gasteiger charge is -2.18. The van der Waals surface area contributed by atoms with Crippen LogP contribution in [0.1, 0.15) is 43.6 Å². The lowest BCUT2D eigenvalue weighted by Crippen LogP contribution is -2.19. The van der Waals surface area contributed by atoms with Crippen molar-refractivity contribution in [1.29, 1.82) is 0 Å². The highest BCUT2D eigenvalue weighted by Crippen LogP contribution is 2.37. The quantitative estimate of drug-likeness (QED) is 0.344. The Labute approximate surface area is 205 Å². The van der Waals surface area contributed by atoms with Crippen LogP contribution in [0.15, 0.2) is 77.7 Å². The maximum absolute atomic E-state index is 13.2. The molecule has 3 rings (SSSR count).